The van der Waals surface area contributed by atoms with E-state index in [1.165, 1.54) is 11.1 Å². The van der Waals surface area contributed by atoms with Gasteiger partial charge in [0.15, 0.2) is 0 Å². The molecule has 0 aromatic heterocycles. The fourth-order valence-corrected chi connectivity index (χ4v) is 18.6. The molecule has 2 aliphatic carbocycles. The van der Waals surface area contributed by atoms with Gasteiger partial charge >= 0.3 is 111 Å². The third-order valence-corrected chi connectivity index (χ3v) is 20.9. The molecule has 0 heterocycles. The number of hydrogen-bond donors (Lipinski definition) is 0. The van der Waals surface area contributed by atoms with Gasteiger partial charge in [-0.05, 0) is 0 Å². The first-order valence-electron chi connectivity index (χ1n) is 6.57. The van der Waals surface area contributed by atoms with Crippen molar-refractivity contribution in [3.63, 3.8) is 0 Å². The third kappa shape index (κ3) is 2.12. The zero-order valence-electron chi connectivity index (χ0n) is 12.0. The van der Waals surface area contributed by atoms with Crippen molar-refractivity contribution in [1.82, 2.24) is 0 Å². The average Bonchev–Trinajstić information content (AvgIpc) is 2.75. The van der Waals surface area contributed by atoms with Crippen molar-refractivity contribution < 1.29 is 20.0 Å². The van der Waals surface area contributed by atoms with E-state index in [-0.39, 0.29) is 0 Å². The van der Waals surface area contributed by atoms with Crippen LogP contribution in [0.4, 0.5) is 0 Å². The molecule has 2 atom stereocenters. The normalized spacial score (nSPS) is 28.8. The summed E-state index contributed by atoms with van der Waals surface area (Å²) in [5, 5.41) is 0. The Balaban J connectivity index is 2.33. The molecule has 0 nitrogen and oxygen atoms in total. The molecule has 0 radical (unpaired) electrons. The Bertz CT molecular complexity index is 416. The van der Waals surface area contributed by atoms with Gasteiger partial charge in [-0.3, -0.25) is 0 Å². The van der Waals surface area contributed by atoms with E-state index in [4.69, 9.17) is 0 Å². The fraction of sp³-hybridized carbons (Fsp3) is 0.500. The summed E-state index contributed by atoms with van der Waals surface area (Å²) in [5.41, 5.74) is 6.29. The maximum atomic E-state index is 2.63. The van der Waals surface area contributed by atoms with E-state index in [9.17, 15) is 0 Å². The molecule has 1 heteroatoms. The van der Waals surface area contributed by atoms with Crippen molar-refractivity contribution in [2.45, 2.75) is 44.4 Å². The summed E-state index contributed by atoms with van der Waals surface area (Å²) in [7, 11) is 0. The summed E-state index contributed by atoms with van der Waals surface area (Å²) in [6, 6.07) is 0. The van der Waals surface area contributed by atoms with Gasteiger partial charge in [-0.25, -0.2) is 0 Å². The summed E-state index contributed by atoms with van der Waals surface area (Å²) in [5.74, 6) is 0. The van der Waals surface area contributed by atoms with Crippen LogP contribution in [0.5, 0.6) is 0 Å². The van der Waals surface area contributed by atoms with Crippen LogP contribution in [0, 0.1) is 0 Å². The first-order chi connectivity index (χ1) is 7.85. The number of rotatable bonds is 2. The van der Waals surface area contributed by atoms with E-state index in [2.05, 4.69) is 61.4 Å². The molecular weight excluding hydrogens is 371 g/mol. The van der Waals surface area contributed by atoms with Crippen molar-refractivity contribution in [2.75, 3.05) is 0 Å². The molecule has 17 heavy (non-hydrogen) atoms. The molecule has 0 amide bonds. The molecule has 92 valence electrons. The molecule has 0 bridgehead atoms. The quantitative estimate of drug-likeness (QED) is 0.533. The van der Waals surface area contributed by atoms with Gasteiger partial charge in [0.1, 0.15) is 0 Å². The van der Waals surface area contributed by atoms with E-state index in [0.29, 0.717) is 0 Å². The number of hydrogen-bond acceptors (Lipinski definition) is 0. The van der Waals surface area contributed by atoms with E-state index >= 15 is 0 Å². The summed E-state index contributed by atoms with van der Waals surface area (Å²) >= 11 is -2.30. The predicted octanol–water partition coefficient (Wildman–Crippen LogP) is 5.63. The topological polar surface area (TPSA) is 0 Å². The van der Waals surface area contributed by atoms with E-state index in [1.807, 2.05) is 0 Å². The van der Waals surface area contributed by atoms with Gasteiger partial charge in [0.2, 0.25) is 0 Å². The monoisotopic (exact) mass is 396 g/mol. The van der Waals surface area contributed by atoms with Gasteiger partial charge in [-0.2, -0.15) is 0 Å². The molecule has 0 N–H and O–H groups in total. The van der Waals surface area contributed by atoms with Crippen LogP contribution < -0.4 is 0 Å². The maximum absolute atomic E-state index is 2.63. The molecule has 0 spiro atoms. The second kappa shape index (κ2) is 4.50. The van der Waals surface area contributed by atoms with Gasteiger partial charge in [-0.15, -0.1) is 0 Å². The molecule has 2 aliphatic rings. The van der Waals surface area contributed by atoms with Crippen LogP contribution in [0.15, 0.2) is 46.6 Å². The SMILES string of the molecule is CC1=C(C)[CH]([Hf]([CH3])([CH3])[CH]2C=CC(C)=C2C)C=C1. The molecule has 2 unspecified atom stereocenters. The first kappa shape index (κ1) is 13.3. The van der Waals surface area contributed by atoms with E-state index < -0.39 is 20.0 Å². The van der Waals surface area contributed by atoms with Crippen LogP contribution in [0.3, 0.4) is 0 Å². The van der Waals surface area contributed by atoms with E-state index in [1.54, 1.807) is 11.1 Å². The Labute approximate surface area is 111 Å². The summed E-state index contributed by atoms with van der Waals surface area (Å²) in [4.78, 5) is 0. The average molecular weight is 395 g/mol. The number of allylic oxidation sites excluding steroid dienone is 8. The molecule has 0 aromatic rings. The van der Waals surface area contributed by atoms with E-state index in [0.717, 1.165) is 7.35 Å². The van der Waals surface area contributed by atoms with Crippen molar-refractivity contribution in [2.24, 2.45) is 0 Å². The Morgan fingerprint density at radius 3 is 1.35 bits per heavy atom. The molecule has 0 aliphatic heterocycles. The van der Waals surface area contributed by atoms with Crippen molar-refractivity contribution in [3.8, 4) is 0 Å². The van der Waals surface area contributed by atoms with Gasteiger partial charge in [0.05, 0.1) is 0 Å². The molecule has 0 aromatic carbocycles. The van der Waals surface area contributed by atoms with Crippen LogP contribution in [-0.2, 0) is 20.0 Å². The van der Waals surface area contributed by atoms with Crippen LogP contribution in [0.1, 0.15) is 27.7 Å². The second-order valence-corrected chi connectivity index (χ2v) is 23.8. The second-order valence-electron chi connectivity index (χ2n) is 6.23. The molecule has 2 rings (SSSR count). The minimum absolute atomic E-state index is 0.804. The molecular formula is C16H24Hf. The summed E-state index contributed by atoms with van der Waals surface area (Å²) < 4.78 is 6.86. The van der Waals surface area contributed by atoms with Crippen molar-refractivity contribution in [3.05, 3.63) is 46.6 Å². The third-order valence-electron chi connectivity index (χ3n) is 4.86. The van der Waals surface area contributed by atoms with Crippen LogP contribution in [-0.4, -0.2) is 0 Å². The zero-order valence-corrected chi connectivity index (χ0v) is 15.6. The molecule has 0 saturated carbocycles. The van der Waals surface area contributed by atoms with Crippen LogP contribution in [0.25, 0.3) is 0 Å². The van der Waals surface area contributed by atoms with Crippen LogP contribution >= 0.6 is 0 Å². The standard InChI is InChI=1S/2C7H9.2CH3.Hf/c2*1-6-4-3-5-7(6)2;;;/h2*3-5H,1-2H3;2*1H3;. The van der Waals surface area contributed by atoms with Crippen molar-refractivity contribution >= 4 is 0 Å². The fourth-order valence-electron chi connectivity index (χ4n) is 3.33. The van der Waals surface area contributed by atoms with Gasteiger partial charge in [0.25, 0.3) is 0 Å². The Kier molecular flexibility index (Phi) is 3.51. The zero-order chi connectivity index (χ0) is 12.8. The molecule has 0 fully saturated rings. The van der Waals surface area contributed by atoms with Crippen molar-refractivity contribution in [1.29, 1.82) is 0 Å². The van der Waals surface area contributed by atoms with Gasteiger partial charge < -0.3 is 0 Å². The van der Waals surface area contributed by atoms with Gasteiger partial charge in [-0.1, -0.05) is 0 Å². The first-order valence-corrected chi connectivity index (χ1v) is 17.9. The molecule has 0 saturated heterocycles. The predicted molar refractivity (Wildman–Crippen MR) is 74.3 cm³/mol. The Morgan fingerprint density at radius 2 is 1.12 bits per heavy atom. The Morgan fingerprint density at radius 1 is 0.765 bits per heavy atom. The van der Waals surface area contributed by atoms with Gasteiger partial charge in [0, 0.05) is 0 Å². The van der Waals surface area contributed by atoms with Crippen LogP contribution in [0.2, 0.25) is 16.7 Å². The Hall–Kier alpha value is -0.170. The minimum atomic E-state index is -2.30. The summed E-state index contributed by atoms with van der Waals surface area (Å²) in [6.07, 6.45) is 9.65. The summed E-state index contributed by atoms with van der Waals surface area (Å²) in [6.45, 7) is 9.20.